The quantitative estimate of drug-likeness (QED) is 0.104. The predicted octanol–water partition coefficient (Wildman–Crippen LogP) is 6.33. The molecule has 0 spiro atoms. The van der Waals surface area contributed by atoms with Crippen molar-refractivity contribution in [1.82, 2.24) is 20.9 Å². The number of hydrogen-bond acceptors (Lipinski definition) is 6. The summed E-state index contributed by atoms with van der Waals surface area (Å²) in [4.78, 5) is 7.69. The van der Waals surface area contributed by atoms with Crippen molar-refractivity contribution in [3.63, 3.8) is 0 Å². The Bertz CT molecular complexity index is 1690. The summed E-state index contributed by atoms with van der Waals surface area (Å²) >= 11 is 11.9. The van der Waals surface area contributed by atoms with E-state index in [4.69, 9.17) is 37.4 Å². The van der Waals surface area contributed by atoms with Gasteiger partial charge in [0, 0.05) is 42.5 Å². The lowest BCUT2D eigenvalue weighted by atomic mass is 10.1. The highest BCUT2D eigenvalue weighted by molar-refractivity contribution is 6.38. The number of nitrogens with zero attached hydrogens (tertiary/aromatic N) is 1. The average Bonchev–Trinajstić information content (AvgIpc) is 3.70. The fourth-order valence-corrected chi connectivity index (χ4v) is 5.17. The SMILES string of the molecule is COc1ccccc1OCCNCC(O)COc1cccc2[nH]c3ccccc3c12.Cl.Clc1cccc(Cl)c1N=C1NCCN1. The number of nitrogens with one attached hydrogen (secondary N) is 4. The lowest BCUT2D eigenvalue weighted by molar-refractivity contribution is 0.106. The van der Waals surface area contributed by atoms with E-state index < -0.39 is 6.10 Å². The number of aliphatic imine (C=N–C) groups is 1. The highest BCUT2D eigenvalue weighted by atomic mass is 35.5. The summed E-state index contributed by atoms with van der Waals surface area (Å²) in [5.41, 5.74) is 2.70. The standard InChI is InChI=1S/C24H26N2O4.C9H9Cl2N3.ClH/c1-28-21-10-4-5-11-22(21)29-14-13-25-15-17(27)16-30-23-12-6-9-20-24(23)18-7-2-3-8-19(18)26-20;10-6-2-1-3-7(11)8(6)14-9-12-4-5-13-9;/h2-12,17,25-27H,13-16H2,1H3;1-3H,4-5H2,(H2,12,13,14);1H. The van der Waals surface area contributed by atoms with Crippen LogP contribution in [0.2, 0.25) is 10.0 Å². The minimum Gasteiger partial charge on any atom is -0.493 e. The Morgan fingerprint density at radius 3 is 2.22 bits per heavy atom. The zero-order chi connectivity index (χ0) is 30.7. The van der Waals surface area contributed by atoms with Gasteiger partial charge in [0.15, 0.2) is 17.5 Å². The van der Waals surface area contributed by atoms with Crippen LogP contribution in [0.5, 0.6) is 17.2 Å². The van der Waals surface area contributed by atoms with Crippen molar-refractivity contribution >= 4 is 69.1 Å². The van der Waals surface area contributed by atoms with E-state index in [1.165, 1.54) is 0 Å². The zero-order valence-corrected chi connectivity index (χ0v) is 27.0. The molecule has 1 aliphatic heterocycles. The number of guanidine groups is 1. The van der Waals surface area contributed by atoms with Gasteiger partial charge in [0.05, 0.1) is 22.7 Å². The van der Waals surface area contributed by atoms with Gasteiger partial charge >= 0.3 is 0 Å². The van der Waals surface area contributed by atoms with Crippen molar-refractivity contribution in [2.24, 2.45) is 4.99 Å². The maximum atomic E-state index is 10.3. The first-order chi connectivity index (χ1) is 21.5. The van der Waals surface area contributed by atoms with Crippen molar-refractivity contribution in [3.8, 4) is 17.2 Å². The molecular weight excluding hydrogens is 637 g/mol. The van der Waals surface area contributed by atoms with Crippen LogP contribution >= 0.6 is 35.6 Å². The van der Waals surface area contributed by atoms with Crippen molar-refractivity contribution in [2.75, 3.05) is 46.5 Å². The second-order valence-corrected chi connectivity index (χ2v) is 10.7. The fourth-order valence-electron chi connectivity index (χ4n) is 4.68. The molecule has 0 bridgehead atoms. The first-order valence-electron chi connectivity index (χ1n) is 14.3. The highest BCUT2D eigenvalue weighted by Crippen LogP contribution is 2.34. The van der Waals surface area contributed by atoms with Crippen LogP contribution in [0, 0.1) is 0 Å². The molecule has 2 heterocycles. The summed E-state index contributed by atoms with van der Waals surface area (Å²) in [6, 6.07) is 26.9. The van der Waals surface area contributed by atoms with Gasteiger partial charge in [-0.2, -0.15) is 0 Å². The molecule has 1 atom stereocenters. The maximum absolute atomic E-state index is 10.3. The van der Waals surface area contributed by atoms with Crippen LogP contribution in [-0.4, -0.2) is 68.7 Å². The van der Waals surface area contributed by atoms with Gasteiger partial charge in [-0.05, 0) is 42.5 Å². The normalized spacial score (nSPS) is 12.8. The molecule has 6 rings (SSSR count). The summed E-state index contributed by atoms with van der Waals surface area (Å²) < 4.78 is 16.9. The molecule has 4 aromatic carbocycles. The van der Waals surface area contributed by atoms with E-state index in [9.17, 15) is 5.11 Å². The van der Waals surface area contributed by atoms with Crippen LogP contribution in [0.25, 0.3) is 21.8 Å². The van der Waals surface area contributed by atoms with Crippen LogP contribution in [-0.2, 0) is 0 Å². The van der Waals surface area contributed by atoms with Gasteiger partial charge < -0.3 is 40.3 Å². The molecule has 1 fully saturated rings. The van der Waals surface area contributed by atoms with Crippen LogP contribution < -0.4 is 30.2 Å². The first kappa shape index (κ1) is 34.0. The third kappa shape index (κ3) is 9.09. The summed E-state index contributed by atoms with van der Waals surface area (Å²) in [6.45, 7) is 3.45. The molecule has 0 amide bonds. The number of methoxy groups -OCH3 is 1. The Hall–Kier alpha value is -3.86. The van der Waals surface area contributed by atoms with E-state index in [2.05, 4.69) is 32.0 Å². The van der Waals surface area contributed by atoms with Gasteiger partial charge in [-0.1, -0.05) is 65.7 Å². The minimum absolute atomic E-state index is 0. The van der Waals surface area contributed by atoms with Crippen molar-refractivity contribution < 1.29 is 19.3 Å². The molecule has 9 nitrogen and oxygen atoms in total. The number of hydrogen-bond donors (Lipinski definition) is 5. The molecule has 238 valence electrons. The van der Waals surface area contributed by atoms with Crippen molar-refractivity contribution in [3.05, 3.63) is 95.0 Å². The van der Waals surface area contributed by atoms with E-state index >= 15 is 0 Å². The second-order valence-electron chi connectivity index (χ2n) is 9.90. The van der Waals surface area contributed by atoms with Gasteiger partial charge in [0.2, 0.25) is 0 Å². The van der Waals surface area contributed by atoms with Gasteiger partial charge in [-0.25, -0.2) is 4.99 Å². The van der Waals surface area contributed by atoms with E-state index in [0.717, 1.165) is 46.6 Å². The van der Waals surface area contributed by atoms with Gasteiger partial charge in [0.1, 0.15) is 30.8 Å². The number of aromatic amines is 1. The first-order valence-corrected chi connectivity index (χ1v) is 15.1. The van der Waals surface area contributed by atoms with Crippen LogP contribution in [0.15, 0.2) is 89.9 Å². The summed E-state index contributed by atoms with van der Waals surface area (Å²) in [5.74, 6) is 2.90. The number of aromatic nitrogens is 1. The molecule has 1 unspecified atom stereocenters. The van der Waals surface area contributed by atoms with Crippen LogP contribution in [0.3, 0.4) is 0 Å². The monoisotopic (exact) mass is 671 g/mol. The number of fused-ring (bicyclic) bond motifs is 3. The molecule has 0 aliphatic carbocycles. The molecule has 12 heteroatoms. The average molecular weight is 673 g/mol. The molecule has 1 aliphatic rings. The minimum atomic E-state index is -0.628. The number of rotatable bonds is 11. The predicted molar refractivity (Wildman–Crippen MR) is 185 cm³/mol. The Labute approximate surface area is 278 Å². The number of para-hydroxylation sites is 4. The molecule has 1 saturated heterocycles. The van der Waals surface area contributed by atoms with E-state index in [0.29, 0.717) is 46.9 Å². The number of H-pyrrole nitrogens is 1. The van der Waals surface area contributed by atoms with E-state index in [1.54, 1.807) is 25.3 Å². The highest BCUT2D eigenvalue weighted by Gasteiger charge is 2.12. The van der Waals surface area contributed by atoms with Gasteiger partial charge in [-0.15, -0.1) is 12.4 Å². The molecule has 0 radical (unpaired) electrons. The van der Waals surface area contributed by atoms with Crippen LogP contribution in [0.1, 0.15) is 0 Å². The summed E-state index contributed by atoms with van der Waals surface area (Å²) in [5, 5.41) is 22.9. The van der Waals surface area contributed by atoms with E-state index in [-0.39, 0.29) is 19.0 Å². The van der Waals surface area contributed by atoms with Gasteiger partial charge in [0.25, 0.3) is 0 Å². The number of ether oxygens (including phenoxy) is 3. The zero-order valence-electron chi connectivity index (χ0n) is 24.7. The third-order valence-corrected chi connectivity index (χ3v) is 7.39. The molecular formula is C33H36Cl3N5O4. The fraction of sp³-hybridized carbons (Fsp3) is 0.242. The summed E-state index contributed by atoms with van der Waals surface area (Å²) in [7, 11) is 1.62. The Morgan fingerprint density at radius 1 is 0.822 bits per heavy atom. The van der Waals surface area contributed by atoms with Crippen LogP contribution in [0.4, 0.5) is 5.69 Å². The van der Waals surface area contributed by atoms with Gasteiger partial charge in [-0.3, -0.25) is 0 Å². The number of benzene rings is 4. The summed E-state index contributed by atoms with van der Waals surface area (Å²) in [6.07, 6.45) is -0.628. The molecule has 1 aromatic heterocycles. The Balaban J connectivity index is 0.000000258. The Kier molecular flexibility index (Phi) is 12.9. The lowest BCUT2D eigenvalue weighted by Crippen LogP contribution is -2.33. The largest absolute Gasteiger partial charge is 0.493 e. The topological polar surface area (TPSA) is 112 Å². The van der Waals surface area contributed by atoms with Crippen molar-refractivity contribution in [2.45, 2.75) is 6.10 Å². The number of aliphatic hydroxyl groups is 1. The second kappa shape index (κ2) is 17.0. The number of aliphatic hydroxyl groups excluding tert-OH is 1. The lowest BCUT2D eigenvalue weighted by Gasteiger charge is -2.15. The third-order valence-electron chi connectivity index (χ3n) is 6.78. The molecule has 5 N–H and O–H groups in total. The maximum Gasteiger partial charge on any atom is 0.196 e. The smallest absolute Gasteiger partial charge is 0.196 e. The molecule has 5 aromatic rings. The van der Waals surface area contributed by atoms with Crippen molar-refractivity contribution in [1.29, 1.82) is 0 Å². The number of halogens is 3. The van der Waals surface area contributed by atoms with E-state index in [1.807, 2.05) is 60.7 Å². The molecule has 45 heavy (non-hydrogen) atoms. The Morgan fingerprint density at radius 2 is 1.47 bits per heavy atom. The molecule has 0 saturated carbocycles.